The van der Waals surface area contributed by atoms with Crippen LogP contribution in [0.25, 0.3) is 0 Å². The third-order valence-electron chi connectivity index (χ3n) is 0.604. The van der Waals surface area contributed by atoms with E-state index in [1.165, 1.54) is 0 Å². The summed E-state index contributed by atoms with van der Waals surface area (Å²) in [5, 5.41) is 0. The van der Waals surface area contributed by atoms with Gasteiger partial charge >= 0.3 is 0 Å². The zero-order valence-electron chi connectivity index (χ0n) is 4.89. The lowest BCUT2D eigenvalue weighted by atomic mass is 10.3. The Kier molecular flexibility index (Phi) is 2.05. The molecule has 0 aliphatic carbocycles. The van der Waals surface area contributed by atoms with Crippen LogP contribution in [0, 0.1) is 0 Å². The lowest BCUT2D eigenvalue weighted by molar-refractivity contribution is 0.660. The van der Waals surface area contributed by atoms with Gasteiger partial charge in [-0.25, -0.2) is 0 Å². The largest absolute Gasteiger partial charge is 0.273 e. The van der Waals surface area contributed by atoms with Crippen molar-refractivity contribution < 1.29 is 4.21 Å². The molecule has 1 nitrogen and oxygen atoms in total. The molecule has 0 aromatic heterocycles. The average molecular weight is 116 g/mol. The Bertz CT molecular complexity index is 84.2. The number of hydrogen-bond donors (Lipinski definition) is 0. The number of rotatable bonds is 0. The maximum atomic E-state index is 10.4. The van der Waals surface area contributed by atoms with E-state index in [0.717, 1.165) is 0 Å². The van der Waals surface area contributed by atoms with Crippen molar-refractivity contribution in [1.29, 1.82) is 0 Å². The molecule has 0 saturated carbocycles. The van der Waals surface area contributed by atoms with Gasteiger partial charge in [0, 0.05) is 4.75 Å². The van der Waals surface area contributed by atoms with Crippen LogP contribution in [-0.2, 0) is 10.7 Å². The summed E-state index contributed by atoms with van der Waals surface area (Å²) in [7, 11) is 3.86. The van der Waals surface area contributed by atoms with Crippen molar-refractivity contribution in [2.45, 2.75) is 25.5 Å². The molecule has 2 radical (unpaired) electrons. The minimum atomic E-state index is -1.18. The van der Waals surface area contributed by atoms with E-state index >= 15 is 0 Å². The molecule has 0 rings (SSSR count). The molecule has 0 aliphatic heterocycles. The third kappa shape index (κ3) is 2.86. The van der Waals surface area contributed by atoms with Gasteiger partial charge in [-0.05, 0) is 31.4 Å². The molecule has 0 heterocycles. The predicted octanol–water partition coefficient (Wildman–Crippen LogP) is 0.617. The van der Waals surface area contributed by atoms with Crippen LogP contribution in [-0.4, -0.2) is 16.1 Å². The van der Waals surface area contributed by atoms with Crippen molar-refractivity contribution in [3.63, 3.8) is 0 Å². The van der Waals surface area contributed by atoms with E-state index in [0.29, 0.717) is 0 Å². The fourth-order valence-electron chi connectivity index (χ4n) is 0. The zero-order valence-corrected chi connectivity index (χ0v) is 5.71. The van der Waals surface area contributed by atoms with Crippen molar-refractivity contribution >= 4 is 17.8 Å². The van der Waals surface area contributed by atoms with Gasteiger partial charge < -0.3 is 0 Å². The molecule has 0 N–H and O–H groups in total. The van der Waals surface area contributed by atoms with Crippen molar-refractivity contribution in [2.75, 3.05) is 0 Å². The molecule has 0 aliphatic rings. The van der Waals surface area contributed by atoms with Gasteiger partial charge in [0.25, 0.3) is 0 Å². The van der Waals surface area contributed by atoms with Gasteiger partial charge in [-0.15, -0.1) is 0 Å². The molecule has 0 saturated heterocycles. The van der Waals surface area contributed by atoms with Crippen LogP contribution in [0.4, 0.5) is 0 Å². The summed E-state index contributed by atoms with van der Waals surface area (Å²) in [6.07, 6.45) is 0. The molecular formula is C4H9BOS. The van der Waals surface area contributed by atoms with Crippen LogP contribution >= 0.6 is 0 Å². The maximum Gasteiger partial charge on any atom is 0.211 e. The molecule has 0 fully saturated rings. The predicted molar refractivity (Wildman–Crippen MR) is 33.6 cm³/mol. The van der Waals surface area contributed by atoms with Crippen molar-refractivity contribution in [1.82, 2.24) is 0 Å². The van der Waals surface area contributed by atoms with Crippen molar-refractivity contribution in [3.8, 4) is 0 Å². The van der Waals surface area contributed by atoms with Gasteiger partial charge in [0.05, 0.1) is 0 Å². The second-order valence-corrected chi connectivity index (χ2v) is 4.23. The molecule has 0 aromatic rings. The summed E-state index contributed by atoms with van der Waals surface area (Å²) in [6.45, 7) is 5.51. The van der Waals surface area contributed by atoms with Gasteiger partial charge in [0.1, 0.15) is 0 Å². The highest BCUT2D eigenvalue weighted by Crippen LogP contribution is 2.06. The number of hydrogen-bond acceptors (Lipinski definition) is 1. The highest BCUT2D eigenvalue weighted by atomic mass is 32.2. The van der Waals surface area contributed by atoms with Gasteiger partial charge in [-0.3, -0.25) is 4.21 Å². The average Bonchev–Trinajstić information content (AvgIpc) is 1.31. The molecule has 1 unspecified atom stereocenters. The van der Waals surface area contributed by atoms with Crippen LogP contribution in [0.2, 0.25) is 0 Å². The lowest BCUT2D eigenvalue weighted by Gasteiger charge is -2.13. The standard InChI is InChI=1S/C4H9BOS/c1-4(2,3)7(5)6/h1-3H3. The molecular weight excluding hydrogens is 107 g/mol. The Morgan fingerprint density at radius 1 is 1.43 bits per heavy atom. The van der Waals surface area contributed by atoms with Crippen LogP contribution in [0.1, 0.15) is 20.8 Å². The second kappa shape index (κ2) is 1.99. The van der Waals surface area contributed by atoms with E-state index in [1.54, 1.807) is 0 Å². The molecule has 1 atom stereocenters. The Labute approximate surface area is 48.3 Å². The van der Waals surface area contributed by atoms with Gasteiger partial charge in [0.15, 0.2) is 0 Å². The topological polar surface area (TPSA) is 17.1 Å². The van der Waals surface area contributed by atoms with Crippen molar-refractivity contribution in [2.24, 2.45) is 0 Å². The van der Waals surface area contributed by atoms with Crippen LogP contribution in [0.3, 0.4) is 0 Å². The fourth-order valence-corrected chi connectivity index (χ4v) is 0. The summed E-state index contributed by atoms with van der Waals surface area (Å²) >= 11 is 0. The molecule has 0 amide bonds. The zero-order chi connectivity index (χ0) is 6.08. The van der Waals surface area contributed by atoms with Crippen LogP contribution in [0.15, 0.2) is 0 Å². The van der Waals surface area contributed by atoms with E-state index in [1.807, 2.05) is 20.8 Å². The highest BCUT2D eigenvalue weighted by molar-refractivity contribution is 8.07. The van der Waals surface area contributed by atoms with Crippen LogP contribution in [0.5, 0.6) is 0 Å². The quantitative estimate of drug-likeness (QED) is 0.424. The Morgan fingerprint density at radius 3 is 1.57 bits per heavy atom. The minimum Gasteiger partial charge on any atom is -0.273 e. The minimum absolute atomic E-state index is 0.250. The first kappa shape index (κ1) is 7.21. The SMILES string of the molecule is [B]S(=O)C(C)(C)C. The molecule has 3 heteroatoms. The Balaban J connectivity index is 3.79. The van der Waals surface area contributed by atoms with Crippen LogP contribution < -0.4 is 0 Å². The second-order valence-electron chi connectivity index (χ2n) is 2.41. The van der Waals surface area contributed by atoms with Gasteiger partial charge in [-0.2, -0.15) is 0 Å². The molecule has 7 heavy (non-hydrogen) atoms. The first-order valence-electron chi connectivity index (χ1n) is 2.11. The molecule has 0 bridgehead atoms. The van der Waals surface area contributed by atoms with E-state index in [4.69, 9.17) is 7.12 Å². The smallest absolute Gasteiger partial charge is 0.211 e. The lowest BCUT2D eigenvalue weighted by Crippen LogP contribution is -2.20. The first-order valence-corrected chi connectivity index (χ1v) is 3.32. The molecule has 40 valence electrons. The maximum absolute atomic E-state index is 10.4. The van der Waals surface area contributed by atoms with Crippen molar-refractivity contribution in [3.05, 3.63) is 0 Å². The summed E-state index contributed by atoms with van der Waals surface area (Å²) < 4.78 is 10.1. The van der Waals surface area contributed by atoms with E-state index in [2.05, 4.69) is 0 Å². The molecule has 0 aromatic carbocycles. The normalized spacial score (nSPS) is 16.4. The molecule has 0 spiro atoms. The highest BCUT2D eigenvalue weighted by Gasteiger charge is 2.12. The Morgan fingerprint density at radius 2 is 1.57 bits per heavy atom. The Hall–Kier alpha value is 0.215. The summed E-state index contributed by atoms with van der Waals surface area (Å²) in [5.41, 5.74) is 0. The monoisotopic (exact) mass is 116 g/mol. The summed E-state index contributed by atoms with van der Waals surface area (Å²) in [6, 6.07) is 0. The third-order valence-corrected chi connectivity index (χ3v) is 1.81. The first-order chi connectivity index (χ1) is 2.94. The van der Waals surface area contributed by atoms with E-state index in [-0.39, 0.29) is 4.75 Å². The summed E-state index contributed by atoms with van der Waals surface area (Å²) in [5.74, 6) is 0. The summed E-state index contributed by atoms with van der Waals surface area (Å²) in [4.78, 5) is 0. The van der Waals surface area contributed by atoms with Gasteiger partial charge in [0.2, 0.25) is 7.12 Å². The van der Waals surface area contributed by atoms with E-state index in [9.17, 15) is 4.21 Å². The van der Waals surface area contributed by atoms with Gasteiger partial charge in [-0.1, -0.05) is 0 Å². The fraction of sp³-hybridized carbons (Fsp3) is 1.00. The van der Waals surface area contributed by atoms with E-state index < -0.39 is 10.7 Å².